The zero-order valence-corrected chi connectivity index (χ0v) is 9.65. The molecule has 6 nitrogen and oxygen atoms in total. The van der Waals surface area contributed by atoms with E-state index in [-0.39, 0.29) is 12.3 Å². The Morgan fingerprint density at radius 1 is 1.61 bits per heavy atom. The fraction of sp³-hybridized carbons (Fsp3) is 0.400. The molecule has 98 valence electrons. The lowest BCUT2D eigenvalue weighted by molar-refractivity contribution is -0.386. The molecule has 1 heterocycles. The molecule has 1 aromatic heterocycles. The third-order valence-electron chi connectivity index (χ3n) is 2.04. The average molecular weight is 260 g/mol. The number of pyridine rings is 1. The second-order valence-corrected chi connectivity index (χ2v) is 3.33. The molecule has 0 saturated heterocycles. The number of aromatic nitrogens is 1. The Kier molecular flexibility index (Phi) is 4.24. The molecule has 0 aliphatic rings. The Labute approximate surface area is 101 Å². The van der Waals surface area contributed by atoms with Crippen molar-refractivity contribution in [1.29, 1.82) is 0 Å². The van der Waals surface area contributed by atoms with Gasteiger partial charge in [-0.1, -0.05) is 0 Å². The normalized spacial score (nSPS) is 10.5. The Bertz CT molecular complexity index is 491. The highest BCUT2D eigenvalue weighted by molar-refractivity contribution is 5.92. The van der Waals surface area contributed by atoms with Crippen LogP contribution in [0.5, 0.6) is 0 Å². The molecule has 0 atom stereocenters. The first-order valence-corrected chi connectivity index (χ1v) is 4.99. The predicted molar refractivity (Wildman–Crippen MR) is 56.5 cm³/mol. The van der Waals surface area contributed by atoms with E-state index in [1.807, 2.05) is 0 Å². The molecule has 1 rings (SSSR count). The van der Waals surface area contributed by atoms with Gasteiger partial charge in [0.05, 0.1) is 17.1 Å². The van der Waals surface area contributed by atoms with E-state index < -0.39 is 34.3 Å². The average Bonchev–Trinajstić information content (AvgIpc) is 2.27. The van der Waals surface area contributed by atoms with Crippen LogP contribution in [0, 0.1) is 17.0 Å². The molecule has 0 spiro atoms. The highest BCUT2D eigenvalue weighted by Gasteiger charge is 2.31. The summed E-state index contributed by atoms with van der Waals surface area (Å²) in [6.45, 7) is 2.82. The summed E-state index contributed by atoms with van der Waals surface area (Å²) < 4.78 is 30.0. The summed E-state index contributed by atoms with van der Waals surface area (Å²) in [6, 6.07) is 0.880. The van der Waals surface area contributed by atoms with Gasteiger partial charge in [0.2, 0.25) is 5.69 Å². The molecule has 0 aliphatic carbocycles. The zero-order chi connectivity index (χ0) is 13.9. The van der Waals surface area contributed by atoms with Gasteiger partial charge < -0.3 is 4.74 Å². The fourth-order valence-corrected chi connectivity index (χ4v) is 1.39. The zero-order valence-electron chi connectivity index (χ0n) is 9.65. The number of nitro groups is 1. The molecule has 1 aromatic rings. The van der Waals surface area contributed by atoms with Gasteiger partial charge in [0.1, 0.15) is 0 Å². The Hall–Kier alpha value is -2.12. The van der Waals surface area contributed by atoms with E-state index in [2.05, 4.69) is 9.72 Å². The van der Waals surface area contributed by atoms with Gasteiger partial charge in [-0.25, -0.2) is 18.6 Å². The molecule has 0 aliphatic heterocycles. The number of carbonyl (C=O) groups excluding carboxylic acids is 1. The Morgan fingerprint density at radius 2 is 2.22 bits per heavy atom. The van der Waals surface area contributed by atoms with Gasteiger partial charge in [0.25, 0.3) is 6.43 Å². The highest BCUT2D eigenvalue weighted by Crippen LogP contribution is 2.32. The number of halogens is 2. The lowest BCUT2D eigenvalue weighted by atomic mass is 10.1. The van der Waals surface area contributed by atoms with Crippen molar-refractivity contribution in [2.24, 2.45) is 0 Å². The standard InChI is InChI=1S/C10H10F2N2O4/c1-3-18-10(15)7-8(14(16)17)6(9(11)12)4-5(2)13-7/h4,9H,3H2,1-2H3. The van der Waals surface area contributed by atoms with Crippen LogP contribution in [-0.4, -0.2) is 22.5 Å². The minimum absolute atomic E-state index is 0.0321. The smallest absolute Gasteiger partial charge is 0.364 e. The minimum Gasteiger partial charge on any atom is -0.461 e. The molecule has 0 unspecified atom stereocenters. The fourth-order valence-electron chi connectivity index (χ4n) is 1.39. The second kappa shape index (κ2) is 5.48. The number of esters is 1. The van der Waals surface area contributed by atoms with Crippen LogP contribution in [0.3, 0.4) is 0 Å². The van der Waals surface area contributed by atoms with Crippen molar-refractivity contribution >= 4 is 11.7 Å². The molecule has 18 heavy (non-hydrogen) atoms. The number of nitrogens with zero attached hydrogens (tertiary/aromatic N) is 2. The quantitative estimate of drug-likeness (QED) is 0.471. The SMILES string of the molecule is CCOC(=O)c1nc(C)cc(C(F)F)c1[N+](=O)[O-]. The number of alkyl halides is 2. The van der Waals surface area contributed by atoms with Gasteiger partial charge in [-0.15, -0.1) is 0 Å². The summed E-state index contributed by atoms with van der Waals surface area (Å²) in [6.07, 6.45) is -3.07. The Balaban J connectivity index is 3.48. The molecule has 0 aromatic carbocycles. The number of ether oxygens (including phenoxy) is 1. The van der Waals surface area contributed by atoms with Gasteiger partial charge >= 0.3 is 11.7 Å². The van der Waals surface area contributed by atoms with Crippen molar-refractivity contribution in [1.82, 2.24) is 4.98 Å². The third-order valence-corrected chi connectivity index (χ3v) is 2.04. The van der Waals surface area contributed by atoms with Gasteiger partial charge in [-0.2, -0.15) is 0 Å². The molecular formula is C10H10F2N2O4. The highest BCUT2D eigenvalue weighted by atomic mass is 19.3. The van der Waals surface area contributed by atoms with E-state index in [0.29, 0.717) is 0 Å². The number of hydrogen-bond acceptors (Lipinski definition) is 5. The molecule has 0 amide bonds. The summed E-state index contributed by atoms with van der Waals surface area (Å²) in [5.74, 6) is -1.09. The lowest BCUT2D eigenvalue weighted by Crippen LogP contribution is -2.13. The first kappa shape index (κ1) is 13.9. The largest absolute Gasteiger partial charge is 0.461 e. The van der Waals surface area contributed by atoms with Crippen molar-refractivity contribution in [3.8, 4) is 0 Å². The summed E-state index contributed by atoms with van der Waals surface area (Å²) in [4.78, 5) is 24.8. The van der Waals surface area contributed by atoms with Crippen LogP contribution in [0.4, 0.5) is 14.5 Å². The molecule has 8 heteroatoms. The van der Waals surface area contributed by atoms with Crippen LogP contribution in [0.15, 0.2) is 6.07 Å². The molecule has 0 radical (unpaired) electrons. The number of carbonyl (C=O) groups is 1. The van der Waals surface area contributed by atoms with Gasteiger partial charge in [0, 0.05) is 5.69 Å². The molecule has 0 fully saturated rings. The second-order valence-electron chi connectivity index (χ2n) is 3.33. The third kappa shape index (κ3) is 2.76. The van der Waals surface area contributed by atoms with Gasteiger partial charge in [-0.3, -0.25) is 10.1 Å². The van der Waals surface area contributed by atoms with Crippen LogP contribution in [0.1, 0.15) is 35.1 Å². The maximum absolute atomic E-state index is 12.7. The summed E-state index contributed by atoms with van der Waals surface area (Å²) in [7, 11) is 0. The monoisotopic (exact) mass is 260 g/mol. The predicted octanol–water partition coefficient (Wildman–Crippen LogP) is 2.41. The van der Waals surface area contributed by atoms with Crippen molar-refractivity contribution in [2.75, 3.05) is 6.61 Å². The molecular weight excluding hydrogens is 250 g/mol. The van der Waals surface area contributed by atoms with E-state index in [1.165, 1.54) is 13.8 Å². The van der Waals surface area contributed by atoms with Gasteiger partial charge in [-0.05, 0) is 19.9 Å². The van der Waals surface area contributed by atoms with Crippen molar-refractivity contribution < 1.29 is 23.2 Å². The van der Waals surface area contributed by atoms with E-state index in [9.17, 15) is 23.7 Å². The maximum Gasteiger partial charge on any atom is 0.364 e. The summed E-state index contributed by atoms with van der Waals surface area (Å²) in [5.41, 5.74) is -2.46. The van der Waals surface area contributed by atoms with E-state index in [1.54, 1.807) is 0 Å². The maximum atomic E-state index is 12.7. The molecule has 0 N–H and O–H groups in total. The number of aryl methyl sites for hydroxylation is 1. The minimum atomic E-state index is -3.07. The first-order valence-electron chi connectivity index (χ1n) is 4.99. The van der Waals surface area contributed by atoms with E-state index in [4.69, 9.17) is 0 Å². The van der Waals surface area contributed by atoms with Crippen LogP contribution in [0.2, 0.25) is 0 Å². The summed E-state index contributed by atoms with van der Waals surface area (Å²) >= 11 is 0. The van der Waals surface area contributed by atoms with Crippen molar-refractivity contribution in [3.63, 3.8) is 0 Å². The lowest BCUT2D eigenvalue weighted by Gasteiger charge is -2.07. The number of hydrogen-bond donors (Lipinski definition) is 0. The van der Waals surface area contributed by atoms with Crippen molar-refractivity contribution in [2.45, 2.75) is 20.3 Å². The topological polar surface area (TPSA) is 82.3 Å². The van der Waals surface area contributed by atoms with Crippen LogP contribution < -0.4 is 0 Å². The van der Waals surface area contributed by atoms with Gasteiger partial charge in [0.15, 0.2) is 0 Å². The molecule has 0 saturated carbocycles. The van der Waals surface area contributed by atoms with Crippen LogP contribution >= 0.6 is 0 Å². The van der Waals surface area contributed by atoms with E-state index in [0.717, 1.165) is 6.07 Å². The number of rotatable bonds is 4. The summed E-state index contributed by atoms with van der Waals surface area (Å²) in [5, 5.41) is 10.8. The van der Waals surface area contributed by atoms with Crippen molar-refractivity contribution in [3.05, 3.63) is 33.1 Å². The molecule has 0 bridgehead atoms. The van der Waals surface area contributed by atoms with Crippen LogP contribution in [0.25, 0.3) is 0 Å². The van der Waals surface area contributed by atoms with Crippen LogP contribution in [-0.2, 0) is 4.74 Å². The first-order chi connectivity index (χ1) is 8.38. The van der Waals surface area contributed by atoms with E-state index >= 15 is 0 Å². The Morgan fingerprint density at radius 3 is 2.67 bits per heavy atom.